The highest BCUT2D eigenvalue weighted by atomic mass is 19.4. The molecule has 3 aliphatic heterocycles. The van der Waals surface area contributed by atoms with E-state index in [1.54, 1.807) is 6.07 Å². The molecule has 3 heterocycles. The standard InChI is InChI=1S/C23H32F3N5O/c24-23(25,26)17-3-1-4-18(13-17)29-9-11-30(12-10-29)19-5-2-8-31(15-19)22(32)21-14-20(27-28-21)16-6-7-16/h1,3-4,13,16,19-21,27-28H,2,5-12,14-15H2. The van der Waals surface area contributed by atoms with E-state index in [1.807, 2.05) is 9.80 Å². The average molecular weight is 452 g/mol. The molecule has 6 nitrogen and oxygen atoms in total. The Bertz CT molecular complexity index is 822. The molecular weight excluding hydrogens is 419 g/mol. The van der Waals surface area contributed by atoms with Gasteiger partial charge in [0.1, 0.15) is 6.04 Å². The lowest BCUT2D eigenvalue weighted by molar-refractivity contribution is -0.137. The van der Waals surface area contributed by atoms with Gasteiger partial charge in [0.2, 0.25) is 5.91 Å². The number of alkyl halides is 3. The van der Waals surface area contributed by atoms with Crippen molar-refractivity contribution in [2.45, 2.75) is 56.4 Å². The number of piperidine rings is 1. The van der Waals surface area contributed by atoms with E-state index in [4.69, 9.17) is 0 Å². The minimum Gasteiger partial charge on any atom is -0.369 e. The summed E-state index contributed by atoms with van der Waals surface area (Å²) in [5.74, 6) is 0.926. The van der Waals surface area contributed by atoms with E-state index in [0.29, 0.717) is 30.9 Å². The molecule has 1 saturated carbocycles. The summed E-state index contributed by atoms with van der Waals surface area (Å²) in [4.78, 5) is 19.5. The number of carbonyl (C=O) groups excluding carboxylic acids is 1. The first-order valence-corrected chi connectivity index (χ1v) is 11.8. The van der Waals surface area contributed by atoms with Gasteiger partial charge in [-0.3, -0.25) is 15.1 Å². The Hall–Kier alpha value is -1.84. The van der Waals surface area contributed by atoms with Crippen LogP contribution in [0.5, 0.6) is 0 Å². The van der Waals surface area contributed by atoms with Crippen LogP contribution >= 0.6 is 0 Å². The van der Waals surface area contributed by atoms with Gasteiger partial charge < -0.3 is 9.80 Å². The van der Waals surface area contributed by atoms with E-state index in [9.17, 15) is 18.0 Å². The minimum atomic E-state index is -4.32. The highest BCUT2D eigenvalue weighted by Gasteiger charge is 2.41. The van der Waals surface area contributed by atoms with Crippen molar-refractivity contribution in [3.8, 4) is 0 Å². The van der Waals surface area contributed by atoms with Crippen molar-refractivity contribution < 1.29 is 18.0 Å². The molecule has 0 aromatic heterocycles. The molecule has 1 aromatic rings. The molecule has 0 radical (unpaired) electrons. The molecule has 3 saturated heterocycles. The normalized spacial score (nSPS) is 30.0. The summed E-state index contributed by atoms with van der Waals surface area (Å²) in [6.07, 6.45) is 1.14. The number of nitrogens with zero attached hydrogens (tertiary/aromatic N) is 3. The predicted molar refractivity (Wildman–Crippen MR) is 116 cm³/mol. The van der Waals surface area contributed by atoms with Gasteiger partial charge in [0.05, 0.1) is 5.56 Å². The van der Waals surface area contributed by atoms with Crippen LogP contribution in [0.2, 0.25) is 0 Å². The highest BCUT2D eigenvalue weighted by Crippen LogP contribution is 2.36. The number of hydrogen-bond acceptors (Lipinski definition) is 5. The summed E-state index contributed by atoms with van der Waals surface area (Å²) in [7, 11) is 0. The van der Waals surface area contributed by atoms with Gasteiger partial charge in [-0.25, -0.2) is 5.43 Å². The zero-order valence-electron chi connectivity index (χ0n) is 18.3. The fraction of sp³-hybridized carbons (Fsp3) is 0.696. The van der Waals surface area contributed by atoms with Gasteiger partial charge in [-0.05, 0) is 56.2 Å². The molecule has 2 N–H and O–H groups in total. The molecule has 1 amide bonds. The first-order valence-electron chi connectivity index (χ1n) is 11.8. The SMILES string of the molecule is O=C(C1CC(C2CC2)NN1)N1CCCC(N2CCN(c3cccc(C(F)(F)F)c3)CC2)C1. The van der Waals surface area contributed by atoms with E-state index in [2.05, 4.69) is 15.8 Å². The fourth-order valence-electron chi connectivity index (χ4n) is 5.45. The number of piperazine rings is 1. The van der Waals surface area contributed by atoms with Crippen LogP contribution in [0.3, 0.4) is 0 Å². The zero-order valence-corrected chi connectivity index (χ0v) is 18.3. The minimum absolute atomic E-state index is 0.128. The molecule has 5 rings (SSSR count). The molecule has 4 fully saturated rings. The number of benzene rings is 1. The lowest BCUT2D eigenvalue weighted by Crippen LogP contribution is -2.57. The summed E-state index contributed by atoms with van der Waals surface area (Å²) < 4.78 is 39.2. The topological polar surface area (TPSA) is 50.9 Å². The number of likely N-dealkylation sites (tertiary alicyclic amines) is 1. The lowest BCUT2D eigenvalue weighted by Gasteiger charge is -2.44. The first kappa shape index (κ1) is 22.0. The van der Waals surface area contributed by atoms with Crippen LogP contribution in [0.15, 0.2) is 24.3 Å². The van der Waals surface area contributed by atoms with Crippen LogP contribution in [0.25, 0.3) is 0 Å². The van der Waals surface area contributed by atoms with Crippen molar-refractivity contribution in [3.05, 3.63) is 29.8 Å². The second kappa shape index (κ2) is 8.83. The van der Waals surface area contributed by atoms with Crippen molar-refractivity contribution in [2.24, 2.45) is 5.92 Å². The van der Waals surface area contributed by atoms with Gasteiger partial charge in [-0.2, -0.15) is 13.2 Å². The number of carbonyl (C=O) groups is 1. The van der Waals surface area contributed by atoms with Crippen LogP contribution in [-0.4, -0.2) is 73.1 Å². The van der Waals surface area contributed by atoms with Crippen molar-refractivity contribution >= 4 is 11.6 Å². The number of hydrogen-bond donors (Lipinski definition) is 2. The van der Waals surface area contributed by atoms with Crippen molar-refractivity contribution in [1.82, 2.24) is 20.7 Å². The maximum Gasteiger partial charge on any atom is 0.416 e. The molecule has 0 bridgehead atoms. The van der Waals surface area contributed by atoms with E-state index in [-0.39, 0.29) is 11.9 Å². The predicted octanol–water partition coefficient (Wildman–Crippen LogP) is 2.46. The van der Waals surface area contributed by atoms with Crippen molar-refractivity contribution in [2.75, 3.05) is 44.2 Å². The maximum absolute atomic E-state index is 13.1. The molecule has 0 spiro atoms. The van der Waals surface area contributed by atoms with Crippen LogP contribution in [0.4, 0.5) is 18.9 Å². The maximum atomic E-state index is 13.1. The first-order chi connectivity index (χ1) is 15.4. The second-order valence-electron chi connectivity index (χ2n) is 9.67. The largest absolute Gasteiger partial charge is 0.416 e. The van der Waals surface area contributed by atoms with Gasteiger partial charge in [-0.1, -0.05) is 6.07 Å². The molecule has 32 heavy (non-hydrogen) atoms. The Morgan fingerprint density at radius 2 is 1.78 bits per heavy atom. The van der Waals surface area contributed by atoms with Crippen LogP contribution < -0.4 is 15.8 Å². The quantitative estimate of drug-likeness (QED) is 0.737. The highest BCUT2D eigenvalue weighted by molar-refractivity contribution is 5.82. The van der Waals surface area contributed by atoms with Gasteiger partial charge in [0.25, 0.3) is 0 Å². The second-order valence-corrected chi connectivity index (χ2v) is 9.67. The molecule has 176 valence electrons. The Balaban J connectivity index is 1.14. The van der Waals surface area contributed by atoms with Crippen LogP contribution in [0.1, 0.15) is 37.7 Å². The molecule has 3 atom stereocenters. The number of hydrazine groups is 1. The monoisotopic (exact) mass is 451 g/mol. The molecular formula is C23H32F3N5O. The Labute approximate surface area is 187 Å². The van der Waals surface area contributed by atoms with Gasteiger partial charge >= 0.3 is 6.18 Å². The average Bonchev–Trinajstić information content (AvgIpc) is 3.55. The Morgan fingerprint density at radius 1 is 1.00 bits per heavy atom. The molecule has 4 aliphatic rings. The third-order valence-electron chi connectivity index (χ3n) is 7.50. The summed E-state index contributed by atoms with van der Waals surface area (Å²) in [6, 6.07) is 6.22. The summed E-state index contributed by atoms with van der Waals surface area (Å²) in [6.45, 7) is 4.55. The Kier molecular flexibility index (Phi) is 6.07. The smallest absolute Gasteiger partial charge is 0.369 e. The zero-order chi connectivity index (χ0) is 22.3. The third kappa shape index (κ3) is 4.75. The van der Waals surface area contributed by atoms with E-state index in [0.717, 1.165) is 57.4 Å². The van der Waals surface area contributed by atoms with E-state index in [1.165, 1.54) is 25.0 Å². The van der Waals surface area contributed by atoms with Crippen molar-refractivity contribution in [3.63, 3.8) is 0 Å². The summed E-state index contributed by atoms with van der Waals surface area (Å²) >= 11 is 0. The number of nitrogens with one attached hydrogen (secondary N) is 2. The number of amides is 1. The van der Waals surface area contributed by atoms with E-state index < -0.39 is 11.7 Å². The number of anilines is 1. The van der Waals surface area contributed by atoms with Gasteiger partial charge in [0, 0.05) is 57.0 Å². The van der Waals surface area contributed by atoms with Gasteiger partial charge in [-0.15, -0.1) is 0 Å². The van der Waals surface area contributed by atoms with Gasteiger partial charge in [0.15, 0.2) is 0 Å². The molecule has 1 aromatic carbocycles. The lowest BCUT2D eigenvalue weighted by atomic mass is 10.0. The van der Waals surface area contributed by atoms with Crippen molar-refractivity contribution in [1.29, 1.82) is 0 Å². The number of rotatable bonds is 4. The van der Waals surface area contributed by atoms with Crippen LogP contribution in [-0.2, 0) is 11.0 Å². The van der Waals surface area contributed by atoms with Crippen LogP contribution in [0, 0.1) is 5.92 Å². The Morgan fingerprint density at radius 3 is 2.50 bits per heavy atom. The molecule has 3 unspecified atom stereocenters. The van der Waals surface area contributed by atoms with E-state index >= 15 is 0 Å². The molecule has 1 aliphatic carbocycles. The summed E-state index contributed by atoms with van der Waals surface area (Å²) in [5, 5.41) is 0. The fourth-order valence-corrected chi connectivity index (χ4v) is 5.45. The number of halogens is 3. The summed E-state index contributed by atoms with van der Waals surface area (Å²) in [5.41, 5.74) is 6.56. The third-order valence-corrected chi connectivity index (χ3v) is 7.50. The molecule has 9 heteroatoms.